The Morgan fingerprint density at radius 1 is 0.719 bits per heavy atom. The van der Waals surface area contributed by atoms with E-state index in [1.54, 1.807) is 11.1 Å². The Hall–Kier alpha value is -2.39. The minimum absolute atomic E-state index is 0.220. The Kier molecular flexibility index (Phi) is 4.16. The van der Waals surface area contributed by atoms with Crippen LogP contribution in [0.3, 0.4) is 0 Å². The van der Waals surface area contributed by atoms with E-state index in [2.05, 4.69) is 99.9 Å². The average Bonchev–Trinajstić information content (AvgIpc) is 3.12. The predicted octanol–water partition coefficient (Wildman–Crippen LogP) is 8.36. The van der Waals surface area contributed by atoms with Gasteiger partial charge in [0.25, 0.3) is 0 Å². The molecule has 3 aromatic carbocycles. The van der Waals surface area contributed by atoms with Crippen LogP contribution in [-0.4, -0.2) is 6.67 Å². The number of para-hydroxylation sites is 1. The van der Waals surface area contributed by atoms with E-state index in [-0.39, 0.29) is 10.8 Å². The molecule has 164 valence electrons. The van der Waals surface area contributed by atoms with E-state index in [1.807, 2.05) is 11.8 Å². The Labute approximate surface area is 196 Å². The molecule has 3 aliphatic rings. The lowest BCUT2D eigenvalue weighted by Gasteiger charge is -2.43. The summed E-state index contributed by atoms with van der Waals surface area (Å²) in [6.07, 6.45) is 2.50. The second-order valence-electron chi connectivity index (χ2n) is 11.2. The van der Waals surface area contributed by atoms with Crippen LogP contribution in [0.25, 0.3) is 0 Å². The van der Waals surface area contributed by atoms with Crippen molar-refractivity contribution in [2.24, 2.45) is 0 Å². The van der Waals surface area contributed by atoms with Gasteiger partial charge in [0.15, 0.2) is 0 Å². The first-order valence-electron chi connectivity index (χ1n) is 11.8. The summed E-state index contributed by atoms with van der Waals surface area (Å²) in [6, 6.07) is 18.7. The van der Waals surface area contributed by atoms with Crippen molar-refractivity contribution in [2.75, 3.05) is 16.5 Å². The molecule has 32 heavy (non-hydrogen) atoms. The third-order valence-electron chi connectivity index (χ3n) is 7.78. The van der Waals surface area contributed by atoms with Crippen molar-refractivity contribution in [1.29, 1.82) is 0 Å². The Bertz CT molecular complexity index is 1250. The summed E-state index contributed by atoms with van der Waals surface area (Å²) >= 11 is 1.95. The zero-order chi connectivity index (χ0) is 22.4. The maximum Gasteiger partial charge on any atom is 0.100 e. The summed E-state index contributed by atoms with van der Waals surface area (Å²) in [6.45, 7) is 15.0. The molecule has 0 amide bonds. The van der Waals surface area contributed by atoms with Gasteiger partial charge < -0.3 is 9.80 Å². The fourth-order valence-corrected chi connectivity index (χ4v) is 7.03. The van der Waals surface area contributed by atoms with Crippen LogP contribution in [0, 0.1) is 13.8 Å². The first kappa shape index (κ1) is 20.2. The first-order chi connectivity index (χ1) is 15.1. The van der Waals surface area contributed by atoms with Gasteiger partial charge in [0.05, 0.1) is 17.1 Å². The van der Waals surface area contributed by atoms with E-state index in [1.165, 1.54) is 56.5 Å². The van der Waals surface area contributed by atoms with Crippen molar-refractivity contribution in [3.05, 3.63) is 70.8 Å². The summed E-state index contributed by atoms with van der Waals surface area (Å²) in [4.78, 5) is 7.82. The topological polar surface area (TPSA) is 6.48 Å². The largest absolute Gasteiger partial charge is 0.321 e. The van der Waals surface area contributed by atoms with Crippen molar-refractivity contribution >= 4 is 34.5 Å². The van der Waals surface area contributed by atoms with Crippen molar-refractivity contribution in [3.8, 4) is 0 Å². The molecule has 0 bridgehead atoms. The Morgan fingerprint density at radius 2 is 1.38 bits per heavy atom. The highest BCUT2D eigenvalue weighted by Crippen LogP contribution is 2.58. The minimum atomic E-state index is 0.220. The molecule has 0 atom stereocenters. The molecule has 2 nitrogen and oxygen atoms in total. The molecule has 0 saturated carbocycles. The van der Waals surface area contributed by atoms with Gasteiger partial charge in [-0.05, 0) is 96.2 Å². The summed E-state index contributed by atoms with van der Waals surface area (Å²) in [7, 11) is 0. The maximum absolute atomic E-state index is 2.56. The van der Waals surface area contributed by atoms with Gasteiger partial charge in [-0.2, -0.15) is 0 Å². The molecule has 3 heteroatoms. The van der Waals surface area contributed by atoms with Crippen LogP contribution in [0.15, 0.2) is 58.3 Å². The number of anilines is 4. The van der Waals surface area contributed by atoms with Crippen LogP contribution in [0.4, 0.5) is 22.7 Å². The van der Waals surface area contributed by atoms with E-state index in [0.717, 1.165) is 6.67 Å². The van der Waals surface area contributed by atoms with Crippen LogP contribution < -0.4 is 9.80 Å². The summed E-state index contributed by atoms with van der Waals surface area (Å²) < 4.78 is 0. The van der Waals surface area contributed by atoms with Gasteiger partial charge in [-0.1, -0.05) is 51.6 Å². The summed E-state index contributed by atoms with van der Waals surface area (Å²) in [5, 5.41) is 0. The highest BCUT2D eigenvalue weighted by molar-refractivity contribution is 7.99. The minimum Gasteiger partial charge on any atom is -0.321 e. The molecule has 0 fully saturated rings. The average molecular weight is 441 g/mol. The highest BCUT2D eigenvalue weighted by atomic mass is 32.2. The third-order valence-corrected chi connectivity index (χ3v) is 8.88. The van der Waals surface area contributed by atoms with E-state index < -0.39 is 0 Å². The smallest absolute Gasteiger partial charge is 0.100 e. The predicted molar refractivity (Wildman–Crippen MR) is 137 cm³/mol. The lowest BCUT2D eigenvalue weighted by molar-refractivity contribution is 0.331. The zero-order valence-electron chi connectivity index (χ0n) is 20.0. The van der Waals surface area contributed by atoms with E-state index >= 15 is 0 Å². The van der Waals surface area contributed by atoms with Gasteiger partial charge in [0, 0.05) is 15.5 Å². The number of hydrogen-bond donors (Lipinski definition) is 0. The SMILES string of the molecule is Cc1cc(C)cc(N2CN3c4cc5c(cc4Sc4cccc2c43)C(C)(C)CCC5(C)C)c1. The van der Waals surface area contributed by atoms with Crippen molar-refractivity contribution in [1.82, 2.24) is 0 Å². The van der Waals surface area contributed by atoms with Gasteiger partial charge in [-0.15, -0.1) is 0 Å². The number of fused-ring (bicyclic) bond motifs is 3. The maximum atomic E-state index is 2.56. The summed E-state index contributed by atoms with van der Waals surface area (Å²) in [5.41, 5.74) is 11.5. The molecule has 6 rings (SSSR count). The lowest BCUT2D eigenvalue weighted by atomic mass is 9.63. The van der Waals surface area contributed by atoms with Gasteiger partial charge in [0.2, 0.25) is 0 Å². The van der Waals surface area contributed by atoms with Crippen molar-refractivity contribution in [3.63, 3.8) is 0 Å². The fraction of sp³-hybridized carbons (Fsp3) is 0.379. The fourth-order valence-electron chi connectivity index (χ4n) is 5.89. The van der Waals surface area contributed by atoms with Gasteiger partial charge in [-0.25, -0.2) is 0 Å². The van der Waals surface area contributed by atoms with Crippen LogP contribution in [0.1, 0.15) is 62.8 Å². The van der Waals surface area contributed by atoms with Crippen LogP contribution in [0.2, 0.25) is 0 Å². The quantitative estimate of drug-likeness (QED) is 0.375. The van der Waals surface area contributed by atoms with E-state index in [4.69, 9.17) is 0 Å². The second kappa shape index (κ2) is 6.57. The normalized spacial score (nSPS) is 19.4. The van der Waals surface area contributed by atoms with Gasteiger partial charge in [0.1, 0.15) is 6.67 Å². The zero-order valence-corrected chi connectivity index (χ0v) is 20.9. The molecule has 2 aliphatic heterocycles. The monoisotopic (exact) mass is 440 g/mol. The molecule has 1 aliphatic carbocycles. The lowest BCUT2D eigenvalue weighted by Crippen LogP contribution is -2.34. The standard InChI is InChI=1S/C29H32N2S/c1-18-12-19(2)14-20(13-18)30-17-31-24-15-21-22(29(5,6)11-10-28(21,3)4)16-26(24)32-25-9-7-8-23(30)27(25)31/h7-9,12-16H,10-11,17H2,1-6H3. The number of hydrogen-bond acceptors (Lipinski definition) is 3. The molecule has 0 aromatic heterocycles. The van der Waals surface area contributed by atoms with Crippen LogP contribution in [0.5, 0.6) is 0 Å². The Morgan fingerprint density at radius 3 is 2.06 bits per heavy atom. The van der Waals surface area contributed by atoms with Crippen LogP contribution in [-0.2, 0) is 10.8 Å². The van der Waals surface area contributed by atoms with Gasteiger partial charge in [-0.3, -0.25) is 0 Å². The van der Waals surface area contributed by atoms with Crippen molar-refractivity contribution < 1.29 is 0 Å². The van der Waals surface area contributed by atoms with Crippen LogP contribution >= 0.6 is 11.8 Å². The number of aryl methyl sites for hydroxylation is 2. The Balaban J connectivity index is 1.53. The first-order valence-corrected chi connectivity index (χ1v) is 12.6. The second-order valence-corrected chi connectivity index (χ2v) is 12.3. The number of benzene rings is 3. The molecule has 0 unspecified atom stereocenters. The molecule has 0 spiro atoms. The molecule has 0 saturated heterocycles. The molecule has 0 N–H and O–H groups in total. The molecule has 2 heterocycles. The molecule has 0 radical (unpaired) electrons. The van der Waals surface area contributed by atoms with E-state index in [0.29, 0.717) is 0 Å². The van der Waals surface area contributed by atoms with Gasteiger partial charge >= 0.3 is 0 Å². The third kappa shape index (κ3) is 2.86. The highest BCUT2D eigenvalue weighted by Gasteiger charge is 2.41. The molecule has 3 aromatic rings. The number of nitrogens with zero attached hydrogens (tertiary/aromatic N) is 2. The molecular formula is C29H32N2S. The number of rotatable bonds is 1. The molecular weight excluding hydrogens is 408 g/mol. The summed E-state index contributed by atoms with van der Waals surface area (Å²) in [5.74, 6) is 0. The van der Waals surface area contributed by atoms with E-state index in [9.17, 15) is 0 Å². The van der Waals surface area contributed by atoms with Crippen molar-refractivity contribution in [2.45, 2.75) is 75.0 Å².